The lowest BCUT2D eigenvalue weighted by Gasteiger charge is -2.47. The number of piperidine rings is 2. The molecule has 0 atom stereocenters. The summed E-state index contributed by atoms with van der Waals surface area (Å²) in [5.41, 5.74) is 2.39. The number of rotatable bonds is 3. The van der Waals surface area contributed by atoms with Crippen LogP contribution in [-0.2, 0) is 0 Å². The highest BCUT2D eigenvalue weighted by molar-refractivity contribution is 5.98. The predicted molar refractivity (Wildman–Crippen MR) is 122 cm³/mol. The first kappa shape index (κ1) is 21.5. The minimum absolute atomic E-state index is 0.0341. The van der Waals surface area contributed by atoms with Crippen molar-refractivity contribution >= 4 is 11.9 Å². The van der Waals surface area contributed by atoms with Crippen molar-refractivity contribution in [2.75, 3.05) is 31.1 Å². The number of nitrogens with zero attached hydrogens (tertiary/aromatic N) is 7. The molecule has 2 aliphatic heterocycles. The van der Waals surface area contributed by atoms with E-state index in [4.69, 9.17) is 0 Å². The number of carbonyl (C=O) groups is 1. The third-order valence-electron chi connectivity index (χ3n) is 6.87. The van der Waals surface area contributed by atoms with Crippen molar-refractivity contribution < 1.29 is 9.18 Å². The van der Waals surface area contributed by atoms with Crippen LogP contribution in [0.15, 0.2) is 36.7 Å². The Kier molecular flexibility index (Phi) is 5.55. The van der Waals surface area contributed by atoms with Crippen LogP contribution in [0.5, 0.6) is 0 Å². The molecule has 0 bridgehead atoms. The first-order valence-corrected chi connectivity index (χ1v) is 11.5. The van der Waals surface area contributed by atoms with Gasteiger partial charge in [-0.05, 0) is 63.1 Å². The molecule has 1 spiro atoms. The van der Waals surface area contributed by atoms with Gasteiger partial charge in [-0.2, -0.15) is 15.0 Å². The van der Waals surface area contributed by atoms with E-state index in [0.717, 1.165) is 56.1 Å². The summed E-state index contributed by atoms with van der Waals surface area (Å²) in [4.78, 5) is 28.1. The van der Waals surface area contributed by atoms with E-state index in [1.54, 1.807) is 12.1 Å². The largest absolute Gasteiger partial charge is 0.341 e. The third kappa shape index (κ3) is 4.19. The second kappa shape index (κ2) is 8.53. The number of hydrogen-bond donors (Lipinski definition) is 0. The average molecular weight is 450 g/mol. The summed E-state index contributed by atoms with van der Waals surface area (Å²) in [5, 5.41) is 8.20. The predicted octanol–water partition coefficient (Wildman–Crippen LogP) is 3.34. The highest BCUT2D eigenvalue weighted by Crippen LogP contribution is 2.41. The Bertz CT molecular complexity index is 1140. The van der Waals surface area contributed by atoms with Crippen LogP contribution < -0.4 is 4.90 Å². The van der Waals surface area contributed by atoms with Crippen LogP contribution in [0.4, 0.5) is 10.3 Å². The zero-order chi connectivity index (χ0) is 23.0. The van der Waals surface area contributed by atoms with Crippen LogP contribution in [0.2, 0.25) is 0 Å². The van der Waals surface area contributed by atoms with Crippen LogP contribution in [0.1, 0.15) is 47.4 Å². The SMILES string of the molecule is Cc1cc(C)nc(N2CCC3(CCCN(C(=O)c4c(F)cccc4-n4nccn4)C3)CC2)n1. The average Bonchev–Trinajstić information content (AvgIpc) is 3.33. The van der Waals surface area contributed by atoms with E-state index >= 15 is 0 Å². The molecule has 0 unspecified atom stereocenters. The van der Waals surface area contributed by atoms with Crippen molar-refractivity contribution in [1.82, 2.24) is 29.9 Å². The maximum absolute atomic E-state index is 14.8. The lowest BCUT2D eigenvalue weighted by molar-refractivity contribution is 0.0429. The van der Waals surface area contributed by atoms with E-state index in [-0.39, 0.29) is 16.9 Å². The summed E-state index contributed by atoms with van der Waals surface area (Å²) in [7, 11) is 0. The van der Waals surface area contributed by atoms with Crippen LogP contribution in [-0.4, -0.2) is 61.9 Å². The fraction of sp³-hybridized carbons (Fsp3) is 0.458. The zero-order valence-corrected chi connectivity index (χ0v) is 19.0. The lowest BCUT2D eigenvalue weighted by Crippen LogP contribution is -2.51. The van der Waals surface area contributed by atoms with Gasteiger partial charge in [-0.15, -0.1) is 0 Å². The van der Waals surface area contributed by atoms with Crippen molar-refractivity contribution in [3.05, 3.63) is 59.4 Å². The Morgan fingerprint density at radius 2 is 1.70 bits per heavy atom. The first-order valence-electron chi connectivity index (χ1n) is 11.5. The van der Waals surface area contributed by atoms with E-state index in [0.29, 0.717) is 18.8 Å². The normalized spacial score (nSPS) is 18.0. The Morgan fingerprint density at radius 3 is 2.39 bits per heavy atom. The molecule has 172 valence electrons. The van der Waals surface area contributed by atoms with Crippen LogP contribution in [0, 0.1) is 25.1 Å². The van der Waals surface area contributed by atoms with E-state index in [1.165, 1.54) is 23.3 Å². The number of carbonyl (C=O) groups excluding carboxylic acids is 1. The summed E-state index contributed by atoms with van der Waals surface area (Å²) in [6.45, 7) is 6.95. The molecule has 33 heavy (non-hydrogen) atoms. The lowest BCUT2D eigenvalue weighted by atomic mass is 9.72. The van der Waals surface area contributed by atoms with Gasteiger partial charge in [0.1, 0.15) is 17.1 Å². The minimum atomic E-state index is -0.545. The molecule has 2 aromatic heterocycles. The van der Waals surface area contributed by atoms with Crippen molar-refractivity contribution in [3.63, 3.8) is 0 Å². The quantitative estimate of drug-likeness (QED) is 0.610. The molecule has 1 aromatic carbocycles. The van der Waals surface area contributed by atoms with E-state index in [9.17, 15) is 9.18 Å². The van der Waals surface area contributed by atoms with Crippen molar-refractivity contribution in [2.45, 2.75) is 39.5 Å². The van der Waals surface area contributed by atoms with Gasteiger partial charge >= 0.3 is 0 Å². The van der Waals surface area contributed by atoms with E-state index in [2.05, 4.69) is 25.1 Å². The molecule has 9 heteroatoms. The molecular formula is C24H28FN7O. The third-order valence-corrected chi connectivity index (χ3v) is 6.87. The molecule has 0 radical (unpaired) electrons. The standard InChI is InChI=1S/C24H28FN7O/c1-17-15-18(2)29-23(28-17)30-13-8-24(9-14-30)7-4-12-31(16-24)22(33)21-19(25)5-3-6-20(21)32-26-10-11-27-32/h3,5-6,10-11,15H,4,7-9,12-14,16H2,1-2H3. The molecule has 5 rings (SSSR count). The van der Waals surface area contributed by atoms with Gasteiger partial charge in [0.2, 0.25) is 5.95 Å². The fourth-order valence-corrected chi connectivity index (χ4v) is 5.21. The summed E-state index contributed by atoms with van der Waals surface area (Å²) >= 11 is 0. The number of benzene rings is 1. The van der Waals surface area contributed by atoms with Crippen LogP contribution in [0.3, 0.4) is 0 Å². The summed E-state index contributed by atoms with van der Waals surface area (Å²) < 4.78 is 14.8. The number of hydrogen-bond acceptors (Lipinski definition) is 6. The second-order valence-corrected chi connectivity index (χ2v) is 9.22. The summed E-state index contributed by atoms with van der Waals surface area (Å²) in [5.74, 6) is -0.0513. The topological polar surface area (TPSA) is 80.0 Å². The molecule has 2 aliphatic rings. The molecule has 0 saturated carbocycles. The van der Waals surface area contributed by atoms with Gasteiger partial charge in [-0.25, -0.2) is 14.4 Å². The van der Waals surface area contributed by atoms with Gasteiger partial charge in [-0.1, -0.05) is 6.07 Å². The number of likely N-dealkylation sites (tertiary alicyclic amines) is 1. The maximum Gasteiger partial charge on any atom is 0.259 e. The van der Waals surface area contributed by atoms with Crippen molar-refractivity contribution in [2.24, 2.45) is 5.41 Å². The van der Waals surface area contributed by atoms with Gasteiger partial charge < -0.3 is 9.80 Å². The number of halogens is 1. The smallest absolute Gasteiger partial charge is 0.259 e. The second-order valence-electron chi connectivity index (χ2n) is 9.22. The van der Waals surface area contributed by atoms with Gasteiger partial charge in [0.05, 0.1) is 12.4 Å². The monoisotopic (exact) mass is 449 g/mol. The fourth-order valence-electron chi connectivity index (χ4n) is 5.21. The Labute approximate surface area is 192 Å². The summed E-state index contributed by atoms with van der Waals surface area (Å²) in [6.07, 6.45) is 6.93. The maximum atomic E-state index is 14.8. The van der Waals surface area contributed by atoms with Gasteiger partial charge in [0.25, 0.3) is 5.91 Å². The molecule has 3 aromatic rings. The summed E-state index contributed by atoms with van der Waals surface area (Å²) in [6, 6.07) is 6.56. The number of anilines is 1. The van der Waals surface area contributed by atoms with E-state index in [1.807, 2.05) is 24.8 Å². The van der Waals surface area contributed by atoms with Crippen molar-refractivity contribution in [3.8, 4) is 5.69 Å². The molecule has 0 aliphatic carbocycles. The molecule has 1 amide bonds. The molecule has 2 saturated heterocycles. The van der Waals surface area contributed by atoms with Gasteiger partial charge in [0.15, 0.2) is 0 Å². The Hall–Kier alpha value is -3.36. The number of aromatic nitrogens is 5. The highest BCUT2D eigenvalue weighted by atomic mass is 19.1. The van der Waals surface area contributed by atoms with Gasteiger partial charge in [-0.3, -0.25) is 4.79 Å². The molecule has 4 heterocycles. The molecule has 0 N–H and O–H groups in total. The molecular weight excluding hydrogens is 421 g/mol. The van der Waals surface area contributed by atoms with Crippen LogP contribution >= 0.6 is 0 Å². The van der Waals surface area contributed by atoms with Crippen LogP contribution in [0.25, 0.3) is 5.69 Å². The molecule has 8 nitrogen and oxygen atoms in total. The zero-order valence-electron chi connectivity index (χ0n) is 19.0. The number of aryl methyl sites for hydroxylation is 2. The Balaban J connectivity index is 1.34. The van der Waals surface area contributed by atoms with E-state index < -0.39 is 5.82 Å². The van der Waals surface area contributed by atoms with Gasteiger partial charge in [0, 0.05) is 37.6 Å². The highest BCUT2D eigenvalue weighted by Gasteiger charge is 2.41. The minimum Gasteiger partial charge on any atom is -0.341 e. The Morgan fingerprint density at radius 1 is 1.00 bits per heavy atom. The van der Waals surface area contributed by atoms with Crippen molar-refractivity contribution in [1.29, 1.82) is 0 Å². The number of amides is 1. The molecule has 2 fully saturated rings. The first-order chi connectivity index (χ1) is 15.9.